The summed E-state index contributed by atoms with van der Waals surface area (Å²) in [5.74, 6) is 0.613. The molecule has 3 aromatic rings. The minimum absolute atomic E-state index is 0.421. The number of halogens is 1. The average Bonchev–Trinajstić information content (AvgIpc) is 2.93. The van der Waals surface area contributed by atoms with Gasteiger partial charge in [-0.3, -0.25) is 0 Å². The molecule has 0 amide bonds. The molecule has 1 heterocycles. The van der Waals surface area contributed by atoms with E-state index in [0.29, 0.717) is 15.6 Å². The summed E-state index contributed by atoms with van der Waals surface area (Å²) >= 11 is 11.2. The molecule has 6 heteroatoms. The fourth-order valence-corrected chi connectivity index (χ4v) is 2.41. The SMILES string of the molecule is S=c1[nH]nc(-c2cccc(Cl)c2)n1N=CC=Cc1ccccc1. The van der Waals surface area contributed by atoms with Gasteiger partial charge in [0.15, 0.2) is 5.82 Å². The van der Waals surface area contributed by atoms with Crippen LogP contribution in [0, 0.1) is 4.77 Å². The molecule has 1 N–H and O–H groups in total. The highest BCUT2D eigenvalue weighted by molar-refractivity contribution is 7.71. The van der Waals surface area contributed by atoms with E-state index in [9.17, 15) is 0 Å². The van der Waals surface area contributed by atoms with Crippen LogP contribution in [0.2, 0.25) is 5.02 Å². The lowest BCUT2D eigenvalue weighted by Gasteiger charge is -2.00. The summed E-state index contributed by atoms with van der Waals surface area (Å²) in [5.41, 5.74) is 1.94. The minimum Gasteiger partial charge on any atom is -0.250 e. The first kappa shape index (κ1) is 15.4. The van der Waals surface area contributed by atoms with Crippen molar-refractivity contribution in [3.63, 3.8) is 0 Å². The van der Waals surface area contributed by atoms with E-state index in [1.54, 1.807) is 10.9 Å². The Bertz CT molecular complexity index is 910. The number of H-pyrrole nitrogens is 1. The Balaban J connectivity index is 1.86. The van der Waals surface area contributed by atoms with E-state index in [1.165, 1.54) is 0 Å². The Morgan fingerprint density at radius 1 is 1.13 bits per heavy atom. The highest BCUT2D eigenvalue weighted by atomic mass is 35.5. The second kappa shape index (κ2) is 7.17. The van der Waals surface area contributed by atoms with Gasteiger partial charge in [-0.15, -0.1) is 0 Å². The van der Waals surface area contributed by atoms with Crippen LogP contribution in [0.4, 0.5) is 0 Å². The molecule has 114 valence electrons. The van der Waals surface area contributed by atoms with Gasteiger partial charge in [-0.2, -0.15) is 14.9 Å². The van der Waals surface area contributed by atoms with Gasteiger partial charge in [-0.05, 0) is 36.0 Å². The Kier molecular flexibility index (Phi) is 4.80. The van der Waals surface area contributed by atoms with Crippen LogP contribution in [0.5, 0.6) is 0 Å². The van der Waals surface area contributed by atoms with E-state index in [1.807, 2.05) is 66.7 Å². The monoisotopic (exact) mass is 340 g/mol. The van der Waals surface area contributed by atoms with E-state index in [4.69, 9.17) is 23.8 Å². The van der Waals surface area contributed by atoms with Crippen molar-refractivity contribution in [3.8, 4) is 11.4 Å². The van der Waals surface area contributed by atoms with Crippen molar-refractivity contribution in [2.45, 2.75) is 0 Å². The van der Waals surface area contributed by atoms with Gasteiger partial charge in [0.1, 0.15) is 0 Å². The van der Waals surface area contributed by atoms with Crippen LogP contribution >= 0.6 is 23.8 Å². The summed E-state index contributed by atoms with van der Waals surface area (Å²) in [4.78, 5) is 0. The summed E-state index contributed by atoms with van der Waals surface area (Å²) in [6.07, 6.45) is 5.49. The quantitative estimate of drug-likeness (QED) is 0.547. The van der Waals surface area contributed by atoms with Gasteiger partial charge in [0.25, 0.3) is 0 Å². The second-order valence-corrected chi connectivity index (χ2v) is 5.53. The number of aromatic amines is 1. The maximum atomic E-state index is 6.03. The van der Waals surface area contributed by atoms with E-state index in [0.717, 1.165) is 11.1 Å². The lowest BCUT2D eigenvalue weighted by molar-refractivity contribution is 0.872. The zero-order valence-corrected chi connectivity index (χ0v) is 13.6. The summed E-state index contributed by atoms with van der Waals surface area (Å²) < 4.78 is 1.99. The van der Waals surface area contributed by atoms with Gasteiger partial charge in [0.05, 0.1) is 0 Å². The molecule has 0 saturated heterocycles. The Morgan fingerprint density at radius 3 is 2.74 bits per heavy atom. The van der Waals surface area contributed by atoms with E-state index in [2.05, 4.69) is 15.3 Å². The van der Waals surface area contributed by atoms with Gasteiger partial charge in [0.2, 0.25) is 4.77 Å². The summed E-state index contributed by atoms with van der Waals surface area (Å²) in [6.45, 7) is 0. The number of hydrogen-bond acceptors (Lipinski definition) is 3. The molecule has 3 rings (SSSR count). The number of aromatic nitrogens is 3. The molecule has 0 aliphatic rings. The molecule has 0 unspecified atom stereocenters. The molecule has 0 fully saturated rings. The molecule has 23 heavy (non-hydrogen) atoms. The maximum Gasteiger partial charge on any atom is 0.216 e. The van der Waals surface area contributed by atoms with Crippen molar-refractivity contribution in [2.75, 3.05) is 0 Å². The Hall–Kier alpha value is -2.50. The summed E-state index contributed by atoms with van der Waals surface area (Å²) in [7, 11) is 0. The van der Waals surface area contributed by atoms with Gasteiger partial charge < -0.3 is 0 Å². The average molecular weight is 341 g/mol. The van der Waals surface area contributed by atoms with Crippen LogP contribution in [0.1, 0.15) is 5.56 Å². The molecule has 0 radical (unpaired) electrons. The van der Waals surface area contributed by atoms with E-state index >= 15 is 0 Å². The van der Waals surface area contributed by atoms with Gasteiger partial charge in [0, 0.05) is 16.8 Å². The van der Waals surface area contributed by atoms with Gasteiger partial charge >= 0.3 is 0 Å². The fraction of sp³-hybridized carbons (Fsp3) is 0. The molecule has 0 atom stereocenters. The number of rotatable bonds is 4. The predicted octanol–water partition coefficient (Wildman–Crippen LogP) is 4.81. The predicted molar refractivity (Wildman–Crippen MR) is 97.2 cm³/mol. The van der Waals surface area contributed by atoms with E-state index < -0.39 is 0 Å². The standard InChI is InChI=1S/C17H13ClN4S/c18-15-10-4-9-14(12-15)16-20-21-17(23)22(16)19-11-5-8-13-6-2-1-3-7-13/h1-12H,(H,21,23). The maximum absolute atomic E-state index is 6.03. The van der Waals surface area contributed by atoms with Crippen LogP contribution in [-0.2, 0) is 0 Å². The van der Waals surface area contributed by atoms with Gasteiger partial charge in [-0.25, -0.2) is 5.10 Å². The topological polar surface area (TPSA) is 46.0 Å². The lowest BCUT2D eigenvalue weighted by atomic mass is 10.2. The number of hydrogen-bond donors (Lipinski definition) is 1. The van der Waals surface area contributed by atoms with Crippen molar-refractivity contribution < 1.29 is 0 Å². The first-order valence-electron chi connectivity index (χ1n) is 6.93. The minimum atomic E-state index is 0.421. The fourth-order valence-electron chi connectivity index (χ4n) is 2.04. The third-order valence-corrected chi connectivity index (χ3v) is 3.59. The highest BCUT2D eigenvalue weighted by Crippen LogP contribution is 2.20. The molecule has 0 saturated carbocycles. The first-order valence-corrected chi connectivity index (χ1v) is 7.72. The van der Waals surface area contributed by atoms with Crippen molar-refractivity contribution in [3.05, 3.63) is 76.0 Å². The Morgan fingerprint density at radius 2 is 1.96 bits per heavy atom. The molecule has 0 bridgehead atoms. The summed E-state index contributed by atoms with van der Waals surface area (Å²) in [5, 5.41) is 11.9. The third-order valence-electron chi connectivity index (χ3n) is 3.09. The molecule has 0 aliphatic carbocycles. The Labute approximate surface area is 143 Å². The van der Waals surface area contributed by atoms with E-state index in [-0.39, 0.29) is 0 Å². The lowest BCUT2D eigenvalue weighted by Crippen LogP contribution is -1.93. The molecular weight excluding hydrogens is 328 g/mol. The van der Waals surface area contributed by atoms with Crippen molar-refractivity contribution in [2.24, 2.45) is 5.10 Å². The zero-order chi connectivity index (χ0) is 16.1. The molecule has 0 spiro atoms. The molecule has 1 aromatic heterocycles. The zero-order valence-electron chi connectivity index (χ0n) is 12.1. The smallest absolute Gasteiger partial charge is 0.216 e. The van der Waals surface area contributed by atoms with Crippen molar-refractivity contribution >= 4 is 36.1 Å². The van der Waals surface area contributed by atoms with Crippen LogP contribution < -0.4 is 0 Å². The highest BCUT2D eigenvalue weighted by Gasteiger charge is 2.07. The number of nitrogens with zero attached hydrogens (tertiary/aromatic N) is 3. The molecular formula is C17H13ClN4S. The van der Waals surface area contributed by atoms with Crippen LogP contribution in [-0.4, -0.2) is 21.1 Å². The molecule has 2 aromatic carbocycles. The summed E-state index contributed by atoms with van der Waals surface area (Å²) in [6, 6.07) is 17.4. The van der Waals surface area contributed by atoms with Crippen molar-refractivity contribution in [1.29, 1.82) is 0 Å². The molecule has 0 aliphatic heterocycles. The van der Waals surface area contributed by atoms with Crippen molar-refractivity contribution in [1.82, 2.24) is 14.9 Å². The second-order valence-electron chi connectivity index (χ2n) is 4.71. The van der Waals surface area contributed by atoms with Crippen LogP contribution in [0.25, 0.3) is 17.5 Å². The van der Waals surface area contributed by atoms with Gasteiger partial charge in [-0.1, -0.05) is 60.1 Å². The number of benzene rings is 2. The largest absolute Gasteiger partial charge is 0.250 e. The number of nitrogens with one attached hydrogen (secondary N) is 1. The van der Waals surface area contributed by atoms with Crippen LogP contribution in [0.15, 0.2) is 65.8 Å². The molecule has 4 nitrogen and oxygen atoms in total. The number of allylic oxidation sites excluding steroid dienone is 1. The van der Waals surface area contributed by atoms with Crippen LogP contribution in [0.3, 0.4) is 0 Å². The first-order chi connectivity index (χ1) is 11.2. The third kappa shape index (κ3) is 3.83. The normalized spacial score (nSPS) is 11.5.